The molecule has 0 saturated heterocycles. The molecule has 0 radical (unpaired) electrons. The molecule has 0 fully saturated rings. The molecular weight excluding hydrogens is 276 g/mol. The van der Waals surface area contributed by atoms with Gasteiger partial charge in [0.15, 0.2) is 0 Å². The molecule has 2 aromatic rings. The van der Waals surface area contributed by atoms with Crippen molar-refractivity contribution < 1.29 is 0 Å². The van der Waals surface area contributed by atoms with Crippen LogP contribution in [0.5, 0.6) is 0 Å². The Kier molecular flexibility index (Phi) is 5.17. The molecule has 0 amide bonds. The van der Waals surface area contributed by atoms with Crippen molar-refractivity contribution in [2.75, 3.05) is 11.5 Å². The van der Waals surface area contributed by atoms with Crippen LogP contribution >= 0.6 is 23.4 Å². The molecule has 2 rings (SSSR count). The molecule has 0 aliphatic carbocycles. The molecule has 0 aliphatic heterocycles. The van der Waals surface area contributed by atoms with Crippen molar-refractivity contribution >= 4 is 34.4 Å². The Hall–Kier alpha value is -0.670. The Morgan fingerprint density at radius 1 is 1.42 bits per heavy atom. The number of hydrogen-bond acceptors (Lipinski definition) is 2. The molecule has 1 aromatic heterocycles. The van der Waals surface area contributed by atoms with Gasteiger partial charge in [-0.15, -0.1) is 11.6 Å². The van der Waals surface area contributed by atoms with Crippen LogP contribution < -0.4 is 0 Å². The first-order valence-electron chi connectivity index (χ1n) is 6.82. The van der Waals surface area contributed by atoms with Crippen LogP contribution in [0.4, 0.5) is 0 Å². The van der Waals surface area contributed by atoms with Crippen LogP contribution in [0, 0.1) is 6.92 Å². The van der Waals surface area contributed by atoms with E-state index in [9.17, 15) is 0 Å². The molecule has 1 heterocycles. The summed E-state index contributed by atoms with van der Waals surface area (Å²) >= 11 is 8.26. The van der Waals surface area contributed by atoms with Gasteiger partial charge in [0.25, 0.3) is 0 Å². The molecule has 2 nitrogen and oxygen atoms in total. The van der Waals surface area contributed by atoms with Crippen molar-refractivity contribution in [2.24, 2.45) is 0 Å². The van der Waals surface area contributed by atoms with Gasteiger partial charge in [-0.3, -0.25) is 0 Å². The number of hydrogen-bond donors (Lipinski definition) is 0. The van der Waals surface area contributed by atoms with Gasteiger partial charge < -0.3 is 4.57 Å². The Labute approximate surface area is 124 Å². The first-order chi connectivity index (χ1) is 9.13. The quantitative estimate of drug-likeness (QED) is 0.563. The van der Waals surface area contributed by atoms with E-state index in [1.165, 1.54) is 22.6 Å². The zero-order valence-corrected chi connectivity index (χ0v) is 13.4. The summed E-state index contributed by atoms with van der Waals surface area (Å²) in [4.78, 5) is 4.70. The van der Waals surface area contributed by atoms with Crippen molar-refractivity contribution in [1.82, 2.24) is 9.55 Å². The highest BCUT2D eigenvalue weighted by atomic mass is 35.5. The van der Waals surface area contributed by atoms with Crippen molar-refractivity contribution in [2.45, 2.75) is 39.1 Å². The summed E-state index contributed by atoms with van der Waals surface area (Å²) in [6.07, 6.45) is 1.16. The van der Waals surface area contributed by atoms with Crippen LogP contribution in [-0.4, -0.2) is 21.1 Å². The van der Waals surface area contributed by atoms with Crippen LogP contribution in [0.3, 0.4) is 0 Å². The second-order valence-corrected chi connectivity index (χ2v) is 6.83. The number of benzene rings is 1. The van der Waals surface area contributed by atoms with Crippen molar-refractivity contribution in [1.29, 1.82) is 0 Å². The highest BCUT2D eigenvalue weighted by Crippen LogP contribution is 2.25. The highest BCUT2D eigenvalue weighted by Gasteiger charge is 2.14. The lowest BCUT2D eigenvalue weighted by molar-refractivity contribution is 0.658. The minimum atomic E-state index is -0.0495. The van der Waals surface area contributed by atoms with Gasteiger partial charge in [-0.25, -0.2) is 4.98 Å². The molecule has 0 aliphatic rings. The Morgan fingerprint density at radius 2 is 2.21 bits per heavy atom. The first-order valence-corrected chi connectivity index (χ1v) is 8.41. The molecule has 0 saturated carbocycles. The average molecular weight is 297 g/mol. The van der Waals surface area contributed by atoms with Gasteiger partial charge >= 0.3 is 0 Å². The maximum Gasteiger partial charge on any atom is 0.127 e. The largest absolute Gasteiger partial charge is 0.327 e. The normalized spacial score (nSPS) is 13.1. The summed E-state index contributed by atoms with van der Waals surface area (Å²) in [5.41, 5.74) is 3.51. The van der Waals surface area contributed by atoms with E-state index in [0.29, 0.717) is 0 Å². The molecule has 1 aromatic carbocycles. The number of rotatable bonds is 6. The summed E-state index contributed by atoms with van der Waals surface area (Å²) in [6, 6.07) is 6.44. The third-order valence-electron chi connectivity index (χ3n) is 3.16. The van der Waals surface area contributed by atoms with Gasteiger partial charge in [-0.1, -0.05) is 13.0 Å². The summed E-state index contributed by atoms with van der Waals surface area (Å²) in [5.74, 6) is 3.37. The van der Waals surface area contributed by atoms with E-state index in [1.807, 2.05) is 18.7 Å². The Balaban J connectivity index is 2.30. The molecule has 19 heavy (non-hydrogen) atoms. The van der Waals surface area contributed by atoms with E-state index < -0.39 is 0 Å². The molecule has 0 bridgehead atoms. The molecule has 0 N–H and O–H groups in total. The van der Waals surface area contributed by atoms with E-state index >= 15 is 0 Å². The monoisotopic (exact) mass is 296 g/mol. The van der Waals surface area contributed by atoms with E-state index in [1.54, 1.807) is 0 Å². The molecule has 0 spiro atoms. The number of thioether (sulfide) groups is 1. The van der Waals surface area contributed by atoms with E-state index in [4.69, 9.17) is 16.6 Å². The van der Waals surface area contributed by atoms with Crippen LogP contribution in [-0.2, 0) is 6.54 Å². The molecule has 1 atom stereocenters. The van der Waals surface area contributed by atoms with Crippen LogP contribution in [0.2, 0.25) is 0 Å². The molecule has 4 heteroatoms. The fourth-order valence-electron chi connectivity index (χ4n) is 2.27. The van der Waals surface area contributed by atoms with Gasteiger partial charge in [-0.2, -0.15) is 11.8 Å². The average Bonchev–Trinajstić information content (AvgIpc) is 2.72. The van der Waals surface area contributed by atoms with E-state index in [0.717, 1.165) is 24.3 Å². The van der Waals surface area contributed by atoms with Crippen molar-refractivity contribution in [3.8, 4) is 0 Å². The number of fused-ring (bicyclic) bond motifs is 1. The van der Waals surface area contributed by atoms with Gasteiger partial charge in [0.05, 0.1) is 16.4 Å². The number of halogens is 1. The molecular formula is C15H21ClN2S. The van der Waals surface area contributed by atoms with Crippen LogP contribution in [0.1, 0.15) is 37.0 Å². The van der Waals surface area contributed by atoms with E-state index in [2.05, 4.69) is 36.6 Å². The Morgan fingerprint density at radius 3 is 2.89 bits per heavy atom. The topological polar surface area (TPSA) is 17.8 Å². The zero-order valence-electron chi connectivity index (χ0n) is 11.8. The number of alkyl halides is 1. The van der Waals surface area contributed by atoms with Gasteiger partial charge in [0.2, 0.25) is 0 Å². The highest BCUT2D eigenvalue weighted by molar-refractivity contribution is 7.99. The van der Waals surface area contributed by atoms with Crippen LogP contribution in [0.15, 0.2) is 18.2 Å². The summed E-state index contributed by atoms with van der Waals surface area (Å²) in [6.45, 7) is 7.29. The fraction of sp³-hybridized carbons (Fsp3) is 0.533. The smallest absolute Gasteiger partial charge is 0.127 e. The van der Waals surface area contributed by atoms with Gasteiger partial charge in [0.1, 0.15) is 5.82 Å². The summed E-state index contributed by atoms with van der Waals surface area (Å²) in [5, 5.41) is -0.0495. The number of nitrogens with zero attached hydrogens (tertiary/aromatic N) is 2. The third kappa shape index (κ3) is 3.46. The van der Waals surface area contributed by atoms with Crippen LogP contribution in [0.25, 0.3) is 11.0 Å². The second kappa shape index (κ2) is 6.67. The van der Waals surface area contributed by atoms with Crippen molar-refractivity contribution in [3.05, 3.63) is 29.6 Å². The first kappa shape index (κ1) is 14.7. The number of aromatic nitrogens is 2. The number of aryl methyl sites for hydroxylation is 2. The fourth-order valence-corrected chi connectivity index (χ4v) is 3.05. The number of imidazole rings is 1. The SMILES string of the molecule is CCSCCCn1c(C(C)Cl)nc2cc(C)ccc21. The minimum absolute atomic E-state index is 0.0495. The van der Waals surface area contributed by atoms with Gasteiger partial charge in [-0.05, 0) is 49.5 Å². The summed E-state index contributed by atoms with van der Waals surface area (Å²) < 4.78 is 2.28. The lowest BCUT2D eigenvalue weighted by Crippen LogP contribution is -2.05. The minimum Gasteiger partial charge on any atom is -0.327 e. The molecule has 1 unspecified atom stereocenters. The lowest BCUT2D eigenvalue weighted by atomic mass is 10.2. The maximum atomic E-state index is 6.27. The lowest BCUT2D eigenvalue weighted by Gasteiger charge is -2.10. The van der Waals surface area contributed by atoms with E-state index in [-0.39, 0.29) is 5.38 Å². The maximum absolute atomic E-state index is 6.27. The van der Waals surface area contributed by atoms with Crippen molar-refractivity contribution in [3.63, 3.8) is 0 Å². The third-order valence-corrected chi connectivity index (χ3v) is 4.34. The predicted octanol–water partition coefficient (Wildman–Crippen LogP) is 4.79. The van der Waals surface area contributed by atoms with Gasteiger partial charge in [0, 0.05) is 6.54 Å². The zero-order chi connectivity index (χ0) is 13.8. The predicted molar refractivity (Wildman–Crippen MR) is 86.4 cm³/mol. The summed E-state index contributed by atoms with van der Waals surface area (Å²) in [7, 11) is 0. The second-order valence-electron chi connectivity index (χ2n) is 4.78. The standard InChI is InChI=1S/C15H21ClN2S/c1-4-19-9-5-8-18-14-7-6-11(2)10-13(14)17-15(18)12(3)16/h6-7,10,12H,4-5,8-9H2,1-3H3. The molecule has 104 valence electrons. The Bertz CT molecular complexity index is 548.